The third-order valence-corrected chi connectivity index (χ3v) is 2.89. The average Bonchev–Trinajstić information content (AvgIpc) is 2.39. The maximum Gasteiger partial charge on any atom is 0.330 e. The smallest absolute Gasteiger partial charge is 0.330 e. The minimum atomic E-state index is -1.21. The first-order valence-corrected chi connectivity index (χ1v) is 6.05. The fraction of sp³-hybridized carbons (Fsp3) is 0.0714. The molecule has 2 N–H and O–H groups in total. The third-order valence-electron chi connectivity index (χ3n) is 2.66. The Bertz CT molecular complexity index is 649. The largest absolute Gasteiger partial charge is 0.479 e. The van der Waals surface area contributed by atoms with E-state index in [0.717, 1.165) is 12.1 Å². The van der Waals surface area contributed by atoms with E-state index in [4.69, 9.17) is 11.6 Å². The maximum absolute atomic E-state index is 13.2. The molecule has 0 bridgehead atoms. The molecule has 0 saturated heterocycles. The predicted octanol–water partition coefficient (Wildman–Crippen LogP) is 3.86. The highest BCUT2D eigenvalue weighted by Gasteiger charge is 2.21. The van der Waals surface area contributed by atoms with Crippen molar-refractivity contribution in [3.05, 3.63) is 64.7 Å². The number of aliphatic carboxylic acids is 1. The summed E-state index contributed by atoms with van der Waals surface area (Å²) in [7, 11) is 0. The van der Waals surface area contributed by atoms with Gasteiger partial charge in [0.2, 0.25) is 0 Å². The Morgan fingerprint density at radius 1 is 1.15 bits per heavy atom. The van der Waals surface area contributed by atoms with Gasteiger partial charge in [0.15, 0.2) is 17.7 Å². The van der Waals surface area contributed by atoms with Gasteiger partial charge in [0, 0.05) is 10.7 Å². The molecule has 0 amide bonds. The van der Waals surface area contributed by atoms with Crippen molar-refractivity contribution >= 4 is 23.3 Å². The highest BCUT2D eigenvalue weighted by atomic mass is 35.5. The van der Waals surface area contributed by atoms with Gasteiger partial charge in [-0.1, -0.05) is 23.7 Å². The van der Waals surface area contributed by atoms with Crippen molar-refractivity contribution in [1.82, 2.24) is 0 Å². The molecule has 0 heterocycles. The predicted molar refractivity (Wildman–Crippen MR) is 71.8 cm³/mol. The zero-order valence-corrected chi connectivity index (χ0v) is 10.9. The van der Waals surface area contributed by atoms with E-state index >= 15 is 0 Å². The minimum absolute atomic E-state index is 0.108. The topological polar surface area (TPSA) is 49.3 Å². The minimum Gasteiger partial charge on any atom is -0.479 e. The molecule has 0 aromatic heterocycles. The van der Waals surface area contributed by atoms with Gasteiger partial charge in [-0.3, -0.25) is 0 Å². The first-order chi connectivity index (χ1) is 9.47. The molecular formula is C14H10ClF2NO2. The molecule has 104 valence electrons. The Kier molecular flexibility index (Phi) is 4.20. The molecule has 2 aromatic rings. The summed E-state index contributed by atoms with van der Waals surface area (Å²) in [5.74, 6) is -3.33. The molecule has 3 nitrogen and oxygen atoms in total. The van der Waals surface area contributed by atoms with Crippen molar-refractivity contribution in [2.24, 2.45) is 0 Å². The van der Waals surface area contributed by atoms with Crippen molar-refractivity contribution in [1.29, 1.82) is 0 Å². The van der Waals surface area contributed by atoms with Gasteiger partial charge in [-0.15, -0.1) is 0 Å². The van der Waals surface area contributed by atoms with Crippen LogP contribution >= 0.6 is 11.6 Å². The Balaban J connectivity index is 2.32. The lowest BCUT2D eigenvalue weighted by Crippen LogP contribution is -2.20. The van der Waals surface area contributed by atoms with Crippen LogP contribution in [0.25, 0.3) is 0 Å². The van der Waals surface area contributed by atoms with Crippen molar-refractivity contribution in [2.75, 3.05) is 5.32 Å². The van der Waals surface area contributed by atoms with E-state index in [-0.39, 0.29) is 5.56 Å². The van der Waals surface area contributed by atoms with Gasteiger partial charge in [-0.05, 0) is 35.9 Å². The van der Waals surface area contributed by atoms with E-state index in [2.05, 4.69) is 5.32 Å². The second kappa shape index (κ2) is 5.88. The van der Waals surface area contributed by atoms with Crippen molar-refractivity contribution in [2.45, 2.75) is 6.04 Å². The second-order valence-electron chi connectivity index (χ2n) is 4.10. The molecular weight excluding hydrogens is 288 g/mol. The highest BCUT2D eigenvalue weighted by Crippen LogP contribution is 2.23. The average molecular weight is 298 g/mol. The van der Waals surface area contributed by atoms with Crippen LogP contribution in [0, 0.1) is 11.6 Å². The molecule has 20 heavy (non-hydrogen) atoms. The summed E-state index contributed by atoms with van der Waals surface area (Å²) >= 11 is 5.80. The summed E-state index contributed by atoms with van der Waals surface area (Å²) in [6, 6.07) is 8.21. The normalized spacial score (nSPS) is 11.9. The molecule has 2 aromatic carbocycles. The zero-order valence-electron chi connectivity index (χ0n) is 10.1. The summed E-state index contributed by atoms with van der Waals surface area (Å²) in [6.07, 6.45) is 0. The Morgan fingerprint density at radius 3 is 2.50 bits per heavy atom. The number of halogens is 3. The quantitative estimate of drug-likeness (QED) is 0.901. The van der Waals surface area contributed by atoms with Crippen LogP contribution in [-0.4, -0.2) is 11.1 Å². The van der Waals surface area contributed by atoms with Crippen molar-refractivity contribution in [3.63, 3.8) is 0 Å². The number of benzene rings is 2. The van der Waals surface area contributed by atoms with Gasteiger partial charge in [-0.25, -0.2) is 13.6 Å². The summed E-state index contributed by atoms with van der Waals surface area (Å²) in [5, 5.41) is 12.3. The molecule has 0 aliphatic rings. The monoisotopic (exact) mass is 297 g/mol. The van der Waals surface area contributed by atoms with E-state index < -0.39 is 23.6 Å². The maximum atomic E-state index is 13.2. The van der Waals surface area contributed by atoms with E-state index in [1.54, 1.807) is 18.2 Å². The van der Waals surface area contributed by atoms with Crippen LogP contribution in [0.1, 0.15) is 11.6 Å². The summed E-state index contributed by atoms with van der Waals surface area (Å²) in [6.45, 7) is 0. The SMILES string of the molecule is O=C(O)C(Nc1cccc(Cl)c1)c1ccc(F)c(F)c1. The van der Waals surface area contributed by atoms with E-state index in [1.165, 1.54) is 12.1 Å². The molecule has 0 fully saturated rings. The van der Waals surface area contributed by atoms with Crippen LogP contribution in [0.5, 0.6) is 0 Å². The molecule has 6 heteroatoms. The number of carboxylic acid groups (broad SMARTS) is 1. The first kappa shape index (κ1) is 14.3. The zero-order chi connectivity index (χ0) is 14.7. The fourth-order valence-corrected chi connectivity index (χ4v) is 1.91. The van der Waals surface area contributed by atoms with Crippen LogP contribution in [0.15, 0.2) is 42.5 Å². The molecule has 0 spiro atoms. The van der Waals surface area contributed by atoms with Crippen LogP contribution in [0.2, 0.25) is 5.02 Å². The Morgan fingerprint density at radius 2 is 1.90 bits per heavy atom. The number of nitrogens with one attached hydrogen (secondary N) is 1. The standard InChI is InChI=1S/C14H10ClF2NO2/c15-9-2-1-3-10(7-9)18-13(14(19)20)8-4-5-11(16)12(17)6-8/h1-7,13,18H,(H,19,20). The number of carboxylic acids is 1. The third kappa shape index (κ3) is 3.24. The molecule has 0 aliphatic heterocycles. The lowest BCUT2D eigenvalue weighted by Gasteiger charge is -2.16. The number of hydrogen-bond acceptors (Lipinski definition) is 2. The lowest BCUT2D eigenvalue weighted by molar-refractivity contribution is -0.138. The van der Waals surface area contributed by atoms with Gasteiger partial charge < -0.3 is 10.4 Å². The first-order valence-electron chi connectivity index (χ1n) is 5.67. The molecule has 0 aliphatic carbocycles. The van der Waals surface area contributed by atoms with E-state index in [1.807, 2.05) is 0 Å². The number of anilines is 1. The molecule has 1 atom stereocenters. The van der Waals surface area contributed by atoms with E-state index in [0.29, 0.717) is 10.7 Å². The number of rotatable bonds is 4. The van der Waals surface area contributed by atoms with Crippen molar-refractivity contribution < 1.29 is 18.7 Å². The lowest BCUT2D eigenvalue weighted by atomic mass is 10.1. The summed E-state index contributed by atoms with van der Waals surface area (Å²) < 4.78 is 26.1. The number of hydrogen-bond donors (Lipinski definition) is 2. The van der Waals surface area contributed by atoms with Gasteiger partial charge in [0.05, 0.1) is 0 Å². The van der Waals surface area contributed by atoms with Crippen LogP contribution in [0.4, 0.5) is 14.5 Å². The van der Waals surface area contributed by atoms with E-state index in [9.17, 15) is 18.7 Å². The Labute approximate surface area is 118 Å². The van der Waals surface area contributed by atoms with Gasteiger partial charge in [-0.2, -0.15) is 0 Å². The van der Waals surface area contributed by atoms with Gasteiger partial charge in [0.25, 0.3) is 0 Å². The van der Waals surface area contributed by atoms with Crippen LogP contribution < -0.4 is 5.32 Å². The fourth-order valence-electron chi connectivity index (χ4n) is 1.72. The summed E-state index contributed by atoms with van der Waals surface area (Å²) in [5.41, 5.74) is 0.575. The molecule has 1 unspecified atom stereocenters. The number of carbonyl (C=O) groups is 1. The molecule has 2 rings (SSSR count). The van der Waals surface area contributed by atoms with Crippen LogP contribution in [0.3, 0.4) is 0 Å². The van der Waals surface area contributed by atoms with Gasteiger partial charge >= 0.3 is 5.97 Å². The Hall–Kier alpha value is -2.14. The van der Waals surface area contributed by atoms with Crippen molar-refractivity contribution in [3.8, 4) is 0 Å². The highest BCUT2D eigenvalue weighted by molar-refractivity contribution is 6.30. The molecule has 0 saturated carbocycles. The molecule has 0 radical (unpaired) electrons. The van der Waals surface area contributed by atoms with Crippen LogP contribution in [-0.2, 0) is 4.79 Å². The second-order valence-corrected chi connectivity index (χ2v) is 4.54. The van der Waals surface area contributed by atoms with Gasteiger partial charge in [0.1, 0.15) is 0 Å². The summed E-state index contributed by atoms with van der Waals surface area (Å²) in [4.78, 5) is 11.3.